The minimum atomic E-state index is 0.314. The second-order valence-electron chi connectivity index (χ2n) is 4.60. The van der Waals surface area contributed by atoms with Crippen LogP contribution in [0.3, 0.4) is 0 Å². The largest absolute Gasteiger partial charge is 0.367 e. The van der Waals surface area contributed by atoms with E-state index < -0.39 is 0 Å². The smallest absolute Gasteiger partial charge is 0.224 e. The van der Waals surface area contributed by atoms with Crippen LogP contribution in [0.15, 0.2) is 6.20 Å². The normalized spacial score (nSPS) is 17.2. The van der Waals surface area contributed by atoms with Crippen LogP contribution in [-0.4, -0.2) is 16.0 Å². The van der Waals surface area contributed by atoms with Crippen molar-refractivity contribution < 1.29 is 0 Å². The van der Waals surface area contributed by atoms with Crippen LogP contribution in [0.5, 0.6) is 0 Å². The van der Waals surface area contributed by atoms with Crippen LogP contribution in [0.25, 0.3) is 0 Å². The van der Waals surface area contributed by atoms with Gasteiger partial charge in [-0.3, -0.25) is 0 Å². The first kappa shape index (κ1) is 11.6. The Labute approximate surface area is 102 Å². The molecule has 16 heavy (non-hydrogen) atoms. The average Bonchev–Trinajstić information content (AvgIpc) is 3.06. The number of nitrogens with zero attached hydrogens (tertiary/aromatic N) is 2. The maximum absolute atomic E-state index is 5.80. The lowest BCUT2D eigenvalue weighted by Crippen LogP contribution is -2.20. The third kappa shape index (κ3) is 3.08. The molecular formula is C12H18ClN3. The molecule has 3 nitrogen and oxygen atoms in total. The molecule has 1 unspecified atom stereocenters. The Morgan fingerprint density at radius 2 is 2.31 bits per heavy atom. The minimum absolute atomic E-state index is 0.314. The van der Waals surface area contributed by atoms with Crippen LogP contribution >= 0.6 is 11.6 Å². The average molecular weight is 240 g/mol. The van der Waals surface area contributed by atoms with Gasteiger partial charge in [-0.15, -0.1) is 0 Å². The summed E-state index contributed by atoms with van der Waals surface area (Å²) in [5.74, 6) is 1.81. The molecule has 1 heterocycles. The lowest BCUT2D eigenvalue weighted by atomic mass is 10.1. The van der Waals surface area contributed by atoms with Gasteiger partial charge in [0.2, 0.25) is 5.28 Å². The predicted octanol–water partition coefficient (Wildman–Crippen LogP) is 3.43. The van der Waals surface area contributed by atoms with E-state index in [4.69, 9.17) is 11.6 Å². The molecule has 0 aliphatic heterocycles. The van der Waals surface area contributed by atoms with Crippen molar-refractivity contribution in [2.24, 2.45) is 5.92 Å². The van der Waals surface area contributed by atoms with Gasteiger partial charge >= 0.3 is 0 Å². The lowest BCUT2D eigenvalue weighted by Gasteiger charge is -2.18. The van der Waals surface area contributed by atoms with E-state index >= 15 is 0 Å². The fraction of sp³-hybridized carbons (Fsp3) is 0.667. The first-order valence-electron chi connectivity index (χ1n) is 5.94. The Bertz CT molecular complexity index is 363. The summed E-state index contributed by atoms with van der Waals surface area (Å²) in [7, 11) is 0. The molecule has 1 fully saturated rings. The summed E-state index contributed by atoms with van der Waals surface area (Å²) in [5, 5.41) is 3.79. The molecule has 4 heteroatoms. The lowest BCUT2D eigenvalue weighted by molar-refractivity contribution is 0.584. The number of aromatic nitrogens is 2. The van der Waals surface area contributed by atoms with Gasteiger partial charge in [-0.1, -0.05) is 19.8 Å². The van der Waals surface area contributed by atoms with Crippen LogP contribution in [0.2, 0.25) is 5.28 Å². The highest BCUT2D eigenvalue weighted by atomic mass is 35.5. The summed E-state index contributed by atoms with van der Waals surface area (Å²) in [6.45, 7) is 4.21. The van der Waals surface area contributed by atoms with Gasteiger partial charge in [-0.2, -0.15) is 0 Å². The summed E-state index contributed by atoms with van der Waals surface area (Å²) in [4.78, 5) is 8.19. The van der Waals surface area contributed by atoms with Crippen molar-refractivity contribution in [1.29, 1.82) is 0 Å². The summed E-state index contributed by atoms with van der Waals surface area (Å²) in [6.07, 6.45) is 6.92. The fourth-order valence-electron chi connectivity index (χ4n) is 1.84. The summed E-state index contributed by atoms with van der Waals surface area (Å²) < 4.78 is 0. The number of anilines is 1. The number of hydrogen-bond acceptors (Lipinski definition) is 3. The molecule has 1 atom stereocenters. The molecule has 1 aromatic rings. The van der Waals surface area contributed by atoms with Crippen molar-refractivity contribution in [1.82, 2.24) is 9.97 Å². The van der Waals surface area contributed by atoms with Crippen LogP contribution < -0.4 is 5.32 Å². The molecule has 1 saturated carbocycles. The molecule has 0 amide bonds. The van der Waals surface area contributed by atoms with Gasteiger partial charge in [0.05, 0.1) is 0 Å². The van der Waals surface area contributed by atoms with Crippen molar-refractivity contribution in [3.05, 3.63) is 17.0 Å². The second kappa shape index (κ2) is 5.00. The van der Waals surface area contributed by atoms with E-state index in [9.17, 15) is 0 Å². The highest BCUT2D eigenvalue weighted by Crippen LogP contribution is 2.34. The third-order valence-electron chi connectivity index (χ3n) is 3.09. The van der Waals surface area contributed by atoms with Crippen molar-refractivity contribution in [2.75, 3.05) is 5.32 Å². The summed E-state index contributed by atoms with van der Waals surface area (Å²) in [6, 6.07) is 0.511. The van der Waals surface area contributed by atoms with Crippen molar-refractivity contribution in [3.8, 4) is 0 Å². The van der Waals surface area contributed by atoms with Crippen LogP contribution in [-0.2, 0) is 0 Å². The van der Waals surface area contributed by atoms with Crippen molar-refractivity contribution in [3.63, 3.8) is 0 Å². The number of hydrogen-bond donors (Lipinski definition) is 1. The fourth-order valence-corrected chi connectivity index (χ4v) is 1.98. The molecular weight excluding hydrogens is 222 g/mol. The standard InChI is InChI=1S/C12H18ClN3/c1-3-10(6-9-4-5-9)15-11-8(2)7-14-12(13)16-11/h7,9-10H,3-6H2,1-2H3,(H,14,15,16). The molecule has 0 spiro atoms. The van der Waals surface area contributed by atoms with Gasteiger partial charge in [0.1, 0.15) is 5.82 Å². The van der Waals surface area contributed by atoms with Gasteiger partial charge in [0.25, 0.3) is 0 Å². The molecule has 2 rings (SSSR count). The molecule has 0 bridgehead atoms. The van der Waals surface area contributed by atoms with E-state index in [1.165, 1.54) is 19.3 Å². The van der Waals surface area contributed by atoms with E-state index in [1.807, 2.05) is 6.92 Å². The zero-order valence-electron chi connectivity index (χ0n) is 9.83. The predicted molar refractivity (Wildman–Crippen MR) is 66.8 cm³/mol. The maximum atomic E-state index is 5.80. The molecule has 88 valence electrons. The van der Waals surface area contributed by atoms with Crippen LogP contribution in [0.4, 0.5) is 5.82 Å². The zero-order valence-corrected chi connectivity index (χ0v) is 10.6. The SMILES string of the molecule is CCC(CC1CC1)Nc1nc(Cl)ncc1C. The maximum Gasteiger partial charge on any atom is 0.224 e. The van der Waals surface area contributed by atoms with Gasteiger partial charge < -0.3 is 5.32 Å². The van der Waals surface area contributed by atoms with Crippen molar-refractivity contribution in [2.45, 2.75) is 45.6 Å². The Hall–Kier alpha value is -0.830. The highest BCUT2D eigenvalue weighted by Gasteiger charge is 2.25. The zero-order chi connectivity index (χ0) is 11.5. The number of halogens is 1. The molecule has 1 aliphatic carbocycles. The Morgan fingerprint density at radius 1 is 1.56 bits per heavy atom. The Morgan fingerprint density at radius 3 is 2.94 bits per heavy atom. The van der Waals surface area contributed by atoms with E-state index in [0.717, 1.165) is 23.7 Å². The first-order chi connectivity index (χ1) is 7.69. The van der Waals surface area contributed by atoms with E-state index in [1.54, 1.807) is 6.20 Å². The second-order valence-corrected chi connectivity index (χ2v) is 4.94. The van der Waals surface area contributed by atoms with E-state index in [-0.39, 0.29) is 0 Å². The third-order valence-corrected chi connectivity index (χ3v) is 3.27. The topological polar surface area (TPSA) is 37.8 Å². The van der Waals surface area contributed by atoms with Crippen LogP contribution in [0.1, 0.15) is 38.2 Å². The first-order valence-corrected chi connectivity index (χ1v) is 6.32. The molecule has 1 aliphatic rings. The molecule has 0 saturated heterocycles. The Balaban J connectivity index is 2.01. The minimum Gasteiger partial charge on any atom is -0.367 e. The highest BCUT2D eigenvalue weighted by molar-refractivity contribution is 6.28. The number of nitrogens with one attached hydrogen (secondary N) is 1. The van der Waals surface area contributed by atoms with Gasteiger partial charge in [0, 0.05) is 17.8 Å². The number of aryl methyl sites for hydroxylation is 1. The number of rotatable bonds is 5. The Kier molecular flexibility index (Phi) is 3.64. The van der Waals surface area contributed by atoms with E-state index in [0.29, 0.717) is 11.3 Å². The van der Waals surface area contributed by atoms with Crippen LogP contribution in [0, 0.1) is 12.8 Å². The van der Waals surface area contributed by atoms with Crippen molar-refractivity contribution >= 4 is 17.4 Å². The monoisotopic (exact) mass is 239 g/mol. The van der Waals surface area contributed by atoms with Gasteiger partial charge in [-0.05, 0) is 37.3 Å². The van der Waals surface area contributed by atoms with Gasteiger partial charge in [-0.25, -0.2) is 9.97 Å². The van der Waals surface area contributed by atoms with Gasteiger partial charge in [0.15, 0.2) is 0 Å². The molecule has 0 radical (unpaired) electrons. The molecule has 1 N–H and O–H groups in total. The summed E-state index contributed by atoms with van der Waals surface area (Å²) in [5.41, 5.74) is 1.05. The molecule has 1 aromatic heterocycles. The molecule has 0 aromatic carbocycles. The van der Waals surface area contributed by atoms with E-state index in [2.05, 4.69) is 22.2 Å². The summed E-state index contributed by atoms with van der Waals surface area (Å²) >= 11 is 5.80. The quantitative estimate of drug-likeness (QED) is 0.800.